The van der Waals surface area contributed by atoms with Crippen LogP contribution in [0.15, 0.2) is 4.79 Å². The monoisotopic (exact) mass is 228 g/mol. The minimum absolute atomic E-state index is 0.0777. The average Bonchev–Trinajstić information content (AvgIpc) is 2.65. The molecule has 2 heterocycles. The number of nitrogens with zero attached hydrogens (tertiary/aromatic N) is 1. The quantitative estimate of drug-likeness (QED) is 0.663. The van der Waals surface area contributed by atoms with Crippen molar-refractivity contribution in [3.05, 3.63) is 15.5 Å². The molecule has 1 aromatic rings. The Balaban J connectivity index is 2.09. The van der Waals surface area contributed by atoms with Crippen LogP contribution in [0.4, 0.5) is 0 Å². The number of piperidine rings is 1. The number of aromatic nitrogens is 2. The molecule has 1 saturated heterocycles. The molecule has 0 unspecified atom stereocenters. The van der Waals surface area contributed by atoms with Gasteiger partial charge in [0.2, 0.25) is 0 Å². The van der Waals surface area contributed by atoms with E-state index < -0.39 is 0 Å². The molecule has 1 fully saturated rings. The molecule has 1 aromatic heterocycles. The fourth-order valence-corrected chi connectivity index (χ4v) is 2.57. The predicted molar refractivity (Wildman–Crippen MR) is 60.0 cm³/mol. The molecular weight excluding hydrogens is 212 g/mol. The molecule has 0 amide bonds. The molecule has 0 bridgehead atoms. The predicted octanol–water partition coefficient (Wildman–Crippen LogP) is -0.298. The first-order valence-electron chi connectivity index (χ1n) is 5.20. The van der Waals surface area contributed by atoms with Crippen LogP contribution in [0.2, 0.25) is 0 Å². The molecule has 0 spiro atoms. The Morgan fingerprint density at radius 1 is 1.47 bits per heavy atom. The van der Waals surface area contributed by atoms with Crippen LogP contribution in [-0.4, -0.2) is 29.0 Å². The number of H-pyrrole nitrogens is 1. The highest BCUT2D eigenvalue weighted by Gasteiger charge is 2.31. The van der Waals surface area contributed by atoms with Gasteiger partial charge in [-0.2, -0.15) is 4.37 Å². The standard InChI is InChI=1S/C9H16N4OS/c10-6-9(1-3-11-4-2-9)5-7-12-8(14)15-13-7/h11H,1-6,10H2,(H,12,13,14). The van der Waals surface area contributed by atoms with Crippen LogP contribution in [0, 0.1) is 5.41 Å². The lowest BCUT2D eigenvalue weighted by molar-refractivity contribution is 0.206. The summed E-state index contributed by atoms with van der Waals surface area (Å²) in [5.74, 6) is 0.789. The topological polar surface area (TPSA) is 83.8 Å². The van der Waals surface area contributed by atoms with Gasteiger partial charge in [0, 0.05) is 18.0 Å². The number of hydrogen-bond acceptors (Lipinski definition) is 5. The van der Waals surface area contributed by atoms with Crippen molar-refractivity contribution in [2.45, 2.75) is 19.3 Å². The molecule has 0 aromatic carbocycles. The maximum Gasteiger partial charge on any atom is 0.323 e. The lowest BCUT2D eigenvalue weighted by Crippen LogP contribution is -2.43. The van der Waals surface area contributed by atoms with E-state index in [-0.39, 0.29) is 10.3 Å². The second-order valence-corrected chi connectivity index (χ2v) is 4.91. The highest BCUT2D eigenvalue weighted by atomic mass is 32.1. The number of nitrogens with one attached hydrogen (secondary N) is 2. The molecule has 15 heavy (non-hydrogen) atoms. The highest BCUT2D eigenvalue weighted by Crippen LogP contribution is 2.30. The van der Waals surface area contributed by atoms with Crippen molar-refractivity contribution >= 4 is 11.5 Å². The first kappa shape index (κ1) is 10.8. The molecule has 6 heteroatoms. The van der Waals surface area contributed by atoms with E-state index >= 15 is 0 Å². The molecule has 1 aliphatic rings. The molecule has 0 radical (unpaired) electrons. The Morgan fingerprint density at radius 2 is 2.20 bits per heavy atom. The van der Waals surface area contributed by atoms with Crippen molar-refractivity contribution < 1.29 is 0 Å². The molecule has 5 nitrogen and oxygen atoms in total. The zero-order chi connectivity index (χ0) is 10.7. The fraction of sp³-hybridized carbons (Fsp3) is 0.778. The van der Waals surface area contributed by atoms with E-state index in [0.717, 1.165) is 49.7 Å². The van der Waals surface area contributed by atoms with Gasteiger partial charge in [-0.25, -0.2) is 0 Å². The summed E-state index contributed by atoms with van der Waals surface area (Å²) in [7, 11) is 0. The van der Waals surface area contributed by atoms with Crippen molar-refractivity contribution in [3.63, 3.8) is 0 Å². The van der Waals surface area contributed by atoms with E-state index in [1.807, 2.05) is 0 Å². The largest absolute Gasteiger partial charge is 0.330 e. The third-order valence-corrected chi connectivity index (χ3v) is 3.70. The van der Waals surface area contributed by atoms with E-state index in [1.54, 1.807) is 0 Å². The summed E-state index contributed by atoms with van der Waals surface area (Å²) in [6.07, 6.45) is 2.91. The van der Waals surface area contributed by atoms with Crippen LogP contribution in [0.5, 0.6) is 0 Å². The molecule has 0 saturated carbocycles. The van der Waals surface area contributed by atoms with Gasteiger partial charge in [0.05, 0.1) is 0 Å². The number of aromatic amines is 1. The van der Waals surface area contributed by atoms with Crippen molar-refractivity contribution in [3.8, 4) is 0 Å². The van der Waals surface area contributed by atoms with Gasteiger partial charge in [-0.3, -0.25) is 9.78 Å². The molecule has 84 valence electrons. The lowest BCUT2D eigenvalue weighted by Gasteiger charge is -2.35. The first-order valence-corrected chi connectivity index (χ1v) is 5.97. The third-order valence-electron chi connectivity index (χ3n) is 3.12. The van der Waals surface area contributed by atoms with Gasteiger partial charge in [-0.15, -0.1) is 0 Å². The smallest absolute Gasteiger partial charge is 0.323 e. The first-order chi connectivity index (χ1) is 7.24. The number of hydrogen-bond donors (Lipinski definition) is 3. The minimum atomic E-state index is -0.0777. The fourth-order valence-electron chi connectivity index (χ4n) is 2.10. The summed E-state index contributed by atoms with van der Waals surface area (Å²) in [5.41, 5.74) is 5.98. The van der Waals surface area contributed by atoms with Gasteiger partial charge < -0.3 is 11.1 Å². The average molecular weight is 228 g/mol. The third kappa shape index (κ3) is 2.45. The van der Waals surface area contributed by atoms with Crippen molar-refractivity contribution in [2.24, 2.45) is 11.1 Å². The number of nitrogens with two attached hydrogens (primary N) is 1. The van der Waals surface area contributed by atoms with Crippen LogP contribution in [0.3, 0.4) is 0 Å². The summed E-state index contributed by atoms with van der Waals surface area (Å²) in [6, 6.07) is 0. The Labute approximate surface area is 92.3 Å². The zero-order valence-electron chi connectivity index (χ0n) is 8.58. The van der Waals surface area contributed by atoms with E-state index in [4.69, 9.17) is 5.73 Å². The summed E-state index contributed by atoms with van der Waals surface area (Å²) in [4.78, 5) is 13.7. The van der Waals surface area contributed by atoms with E-state index in [1.165, 1.54) is 0 Å². The van der Waals surface area contributed by atoms with Gasteiger partial charge in [0.15, 0.2) is 0 Å². The second kappa shape index (κ2) is 4.42. The van der Waals surface area contributed by atoms with Gasteiger partial charge >= 0.3 is 4.87 Å². The maximum atomic E-state index is 11.0. The van der Waals surface area contributed by atoms with Crippen LogP contribution in [0.25, 0.3) is 0 Å². The van der Waals surface area contributed by atoms with Crippen LogP contribution < -0.4 is 15.9 Å². The summed E-state index contributed by atoms with van der Waals surface area (Å²) in [6.45, 7) is 2.67. The molecule has 0 atom stereocenters. The Morgan fingerprint density at radius 3 is 2.73 bits per heavy atom. The van der Waals surface area contributed by atoms with Crippen molar-refractivity contribution in [1.82, 2.24) is 14.7 Å². The van der Waals surface area contributed by atoms with Crippen LogP contribution >= 0.6 is 11.5 Å². The Hall–Kier alpha value is -0.720. The molecule has 4 N–H and O–H groups in total. The van der Waals surface area contributed by atoms with Gasteiger partial charge in [0.25, 0.3) is 0 Å². The minimum Gasteiger partial charge on any atom is -0.330 e. The van der Waals surface area contributed by atoms with Crippen LogP contribution in [-0.2, 0) is 6.42 Å². The van der Waals surface area contributed by atoms with Crippen molar-refractivity contribution in [1.29, 1.82) is 0 Å². The lowest BCUT2D eigenvalue weighted by atomic mass is 9.76. The molecule has 1 aliphatic heterocycles. The normalized spacial score (nSPS) is 20.3. The van der Waals surface area contributed by atoms with E-state index in [9.17, 15) is 4.79 Å². The molecular formula is C9H16N4OS. The van der Waals surface area contributed by atoms with Gasteiger partial charge in [-0.05, 0) is 37.9 Å². The van der Waals surface area contributed by atoms with Crippen LogP contribution in [0.1, 0.15) is 18.7 Å². The summed E-state index contributed by atoms with van der Waals surface area (Å²) >= 11 is 0.985. The molecule has 0 aliphatic carbocycles. The number of rotatable bonds is 3. The Bertz CT molecular complexity index is 366. The van der Waals surface area contributed by atoms with Gasteiger partial charge in [0.1, 0.15) is 5.82 Å². The maximum absolute atomic E-state index is 11.0. The second-order valence-electron chi connectivity index (χ2n) is 4.17. The zero-order valence-corrected chi connectivity index (χ0v) is 9.40. The SMILES string of the molecule is NCC1(Cc2nsc(=O)[nH]2)CCNCC1. The highest BCUT2D eigenvalue weighted by molar-refractivity contribution is 7.02. The Kier molecular flexibility index (Phi) is 3.18. The summed E-state index contributed by atoms with van der Waals surface area (Å²) in [5, 5.41) is 3.32. The van der Waals surface area contributed by atoms with E-state index in [2.05, 4.69) is 14.7 Å². The van der Waals surface area contributed by atoms with E-state index in [0.29, 0.717) is 6.54 Å². The van der Waals surface area contributed by atoms with Crippen molar-refractivity contribution in [2.75, 3.05) is 19.6 Å². The molecule has 2 rings (SSSR count). The van der Waals surface area contributed by atoms with Gasteiger partial charge in [-0.1, -0.05) is 0 Å². The summed E-state index contributed by atoms with van der Waals surface area (Å²) < 4.78 is 4.10.